The van der Waals surface area contributed by atoms with Gasteiger partial charge in [0.1, 0.15) is 0 Å². The van der Waals surface area contributed by atoms with E-state index >= 15 is 0 Å². The number of nitrogens with zero attached hydrogens (tertiary/aromatic N) is 3. The van der Waals surface area contributed by atoms with E-state index in [1.807, 2.05) is 54.6 Å². The number of hydrogen-bond donors (Lipinski definition) is 0. The van der Waals surface area contributed by atoms with Crippen LogP contribution in [0.1, 0.15) is 22.3 Å². The van der Waals surface area contributed by atoms with E-state index in [4.69, 9.17) is 24.4 Å². The first-order valence-electron chi connectivity index (χ1n) is 21.2. The van der Waals surface area contributed by atoms with E-state index in [1.165, 1.54) is 27.8 Å². The summed E-state index contributed by atoms with van der Waals surface area (Å²) in [6.07, 6.45) is 0. The van der Waals surface area contributed by atoms with Crippen molar-refractivity contribution in [2.24, 2.45) is 0 Å². The van der Waals surface area contributed by atoms with Gasteiger partial charge >= 0.3 is 0 Å². The highest BCUT2D eigenvalue weighted by atomic mass is 16.6. The highest BCUT2D eigenvalue weighted by molar-refractivity contribution is 5.88. The molecule has 0 fully saturated rings. The van der Waals surface area contributed by atoms with Gasteiger partial charge in [-0.15, -0.1) is 0 Å². The standard InChI is InChI=1S/C58H37N3O2/c1-5-16-38(17-6-1)39-28-30-41(31-29-39)56-59-55(40-18-7-2-8-19-40)60-57(61-56)44-21-15-20-42(34-44)43-32-33-51-52(35-43)63-53-36-48-47-26-13-14-27-49(47)58(45-22-9-3-10-23-45,46-24-11-4-12-25-46)50(48)37-54(53)62-51/h1-37H. The van der Waals surface area contributed by atoms with Gasteiger partial charge in [0.15, 0.2) is 40.5 Å². The Morgan fingerprint density at radius 1 is 0.270 bits per heavy atom. The lowest BCUT2D eigenvalue weighted by Crippen LogP contribution is -2.28. The van der Waals surface area contributed by atoms with Crippen molar-refractivity contribution in [2.45, 2.75) is 5.41 Å². The van der Waals surface area contributed by atoms with Gasteiger partial charge in [-0.05, 0) is 86.0 Å². The zero-order valence-corrected chi connectivity index (χ0v) is 34.0. The molecule has 0 radical (unpaired) electrons. The highest BCUT2D eigenvalue weighted by Crippen LogP contribution is 2.59. The molecule has 2 heterocycles. The fourth-order valence-electron chi connectivity index (χ4n) is 9.33. The summed E-state index contributed by atoms with van der Waals surface area (Å²) >= 11 is 0. The summed E-state index contributed by atoms with van der Waals surface area (Å²) in [6.45, 7) is 0. The van der Waals surface area contributed by atoms with Crippen LogP contribution in [0.3, 0.4) is 0 Å². The molecular formula is C58H37N3O2. The molecule has 63 heavy (non-hydrogen) atoms. The monoisotopic (exact) mass is 807 g/mol. The second-order valence-electron chi connectivity index (χ2n) is 15.9. The molecule has 0 N–H and O–H groups in total. The van der Waals surface area contributed by atoms with Crippen LogP contribution in [0.25, 0.3) is 67.5 Å². The second kappa shape index (κ2) is 14.9. The van der Waals surface area contributed by atoms with E-state index in [-0.39, 0.29) is 0 Å². The first kappa shape index (κ1) is 36.4. The summed E-state index contributed by atoms with van der Waals surface area (Å²) in [5.41, 5.74) is 13.6. The molecule has 0 unspecified atom stereocenters. The van der Waals surface area contributed by atoms with Crippen LogP contribution in [-0.4, -0.2) is 15.0 Å². The summed E-state index contributed by atoms with van der Waals surface area (Å²) in [6, 6.07) is 77.9. The third-order valence-corrected chi connectivity index (χ3v) is 12.3. The van der Waals surface area contributed by atoms with Crippen molar-refractivity contribution < 1.29 is 9.47 Å². The molecule has 1 aliphatic heterocycles. The number of fused-ring (bicyclic) bond motifs is 5. The number of benzene rings is 9. The zero-order valence-electron chi connectivity index (χ0n) is 34.0. The summed E-state index contributed by atoms with van der Waals surface area (Å²) in [7, 11) is 0. The second-order valence-corrected chi connectivity index (χ2v) is 15.9. The van der Waals surface area contributed by atoms with Crippen molar-refractivity contribution in [3.05, 3.63) is 247 Å². The van der Waals surface area contributed by atoms with Gasteiger partial charge in [-0.2, -0.15) is 0 Å². The fourth-order valence-corrected chi connectivity index (χ4v) is 9.33. The molecule has 0 bridgehead atoms. The van der Waals surface area contributed by atoms with Crippen molar-refractivity contribution >= 4 is 0 Å². The Hall–Kier alpha value is -8.41. The zero-order chi connectivity index (χ0) is 41.7. The lowest BCUT2D eigenvalue weighted by Gasteiger charge is -2.34. The maximum atomic E-state index is 6.78. The van der Waals surface area contributed by atoms with Crippen molar-refractivity contribution in [3.63, 3.8) is 0 Å². The van der Waals surface area contributed by atoms with Crippen molar-refractivity contribution in [1.29, 1.82) is 0 Å². The molecule has 0 atom stereocenters. The molecule has 5 heteroatoms. The van der Waals surface area contributed by atoms with E-state index in [9.17, 15) is 0 Å². The van der Waals surface area contributed by atoms with Gasteiger partial charge in [-0.1, -0.05) is 194 Å². The topological polar surface area (TPSA) is 57.1 Å². The van der Waals surface area contributed by atoms with Crippen LogP contribution in [0.5, 0.6) is 23.0 Å². The summed E-state index contributed by atoms with van der Waals surface area (Å²) in [5, 5.41) is 0. The van der Waals surface area contributed by atoms with E-state index in [1.54, 1.807) is 0 Å². The average Bonchev–Trinajstić information content (AvgIpc) is 3.65. The predicted octanol–water partition coefficient (Wildman–Crippen LogP) is 14.5. The summed E-state index contributed by atoms with van der Waals surface area (Å²) in [5.74, 6) is 4.51. The molecule has 12 rings (SSSR count). The van der Waals surface area contributed by atoms with Crippen LogP contribution in [0, 0.1) is 0 Å². The van der Waals surface area contributed by atoms with Gasteiger partial charge in [0.05, 0.1) is 5.41 Å². The van der Waals surface area contributed by atoms with Crippen LogP contribution in [0.2, 0.25) is 0 Å². The third kappa shape index (κ3) is 6.21. The molecule has 0 saturated carbocycles. The first-order valence-corrected chi connectivity index (χ1v) is 21.2. The van der Waals surface area contributed by atoms with E-state index in [0.29, 0.717) is 40.5 Å². The van der Waals surface area contributed by atoms with Gasteiger partial charge in [-0.3, -0.25) is 0 Å². The number of ether oxygens (including phenoxy) is 2. The Labute approximate surface area is 365 Å². The smallest absolute Gasteiger partial charge is 0.170 e. The highest BCUT2D eigenvalue weighted by Gasteiger charge is 2.47. The SMILES string of the molecule is c1ccc(-c2ccc(-c3nc(-c4ccccc4)nc(-c4cccc(-c5ccc6c(c5)Oc5cc7c(cc5O6)C(c5ccccc5)(c5ccccc5)c5ccccc5-7)c4)n3)cc2)cc1. The molecule has 0 amide bonds. The quantitative estimate of drug-likeness (QED) is 0.161. The Morgan fingerprint density at radius 2 is 0.714 bits per heavy atom. The van der Waals surface area contributed by atoms with Crippen molar-refractivity contribution in [2.75, 3.05) is 0 Å². The lowest BCUT2D eigenvalue weighted by atomic mass is 9.67. The Kier molecular flexibility index (Phi) is 8.64. The van der Waals surface area contributed by atoms with Gasteiger partial charge in [-0.25, -0.2) is 15.0 Å². The van der Waals surface area contributed by atoms with Crippen LogP contribution in [-0.2, 0) is 5.41 Å². The molecule has 0 spiro atoms. The molecule has 2 aliphatic rings. The Bertz CT molecular complexity index is 3280. The molecule has 5 nitrogen and oxygen atoms in total. The normalized spacial score (nSPS) is 12.8. The first-order chi connectivity index (χ1) is 31.2. The third-order valence-electron chi connectivity index (χ3n) is 12.3. The van der Waals surface area contributed by atoms with Crippen molar-refractivity contribution in [3.8, 4) is 90.5 Å². The van der Waals surface area contributed by atoms with Crippen LogP contribution >= 0.6 is 0 Å². The van der Waals surface area contributed by atoms with E-state index in [2.05, 4.69) is 170 Å². The Morgan fingerprint density at radius 3 is 1.40 bits per heavy atom. The lowest BCUT2D eigenvalue weighted by molar-refractivity contribution is 0.359. The number of rotatable bonds is 7. The Balaban J connectivity index is 0.907. The minimum Gasteiger partial charge on any atom is -0.450 e. The van der Waals surface area contributed by atoms with Crippen LogP contribution in [0.4, 0.5) is 0 Å². The fraction of sp³-hybridized carbons (Fsp3) is 0.0172. The van der Waals surface area contributed by atoms with Gasteiger partial charge in [0, 0.05) is 16.7 Å². The summed E-state index contributed by atoms with van der Waals surface area (Å²) in [4.78, 5) is 15.0. The maximum absolute atomic E-state index is 6.78. The largest absolute Gasteiger partial charge is 0.450 e. The predicted molar refractivity (Wildman–Crippen MR) is 251 cm³/mol. The van der Waals surface area contributed by atoms with Gasteiger partial charge < -0.3 is 9.47 Å². The molecular weight excluding hydrogens is 771 g/mol. The summed E-state index contributed by atoms with van der Waals surface area (Å²) < 4.78 is 13.5. The minimum atomic E-state index is -0.532. The van der Waals surface area contributed by atoms with E-state index < -0.39 is 5.41 Å². The number of hydrogen-bond acceptors (Lipinski definition) is 5. The molecule has 1 aromatic heterocycles. The molecule has 10 aromatic rings. The average molecular weight is 808 g/mol. The maximum Gasteiger partial charge on any atom is 0.170 e. The molecule has 9 aromatic carbocycles. The molecule has 1 aliphatic carbocycles. The molecule has 0 saturated heterocycles. The van der Waals surface area contributed by atoms with Crippen LogP contribution in [0.15, 0.2) is 224 Å². The van der Waals surface area contributed by atoms with Gasteiger partial charge in [0.2, 0.25) is 0 Å². The molecule has 296 valence electrons. The minimum absolute atomic E-state index is 0.532. The van der Waals surface area contributed by atoms with Gasteiger partial charge in [0.25, 0.3) is 0 Å². The van der Waals surface area contributed by atoms with Crippen LogP contribution < -0.4 is 9.47 Å². The van der Waals surface area contributed by atoms with Crippen molar-refractivity contribution in [1.82, 2.24) is 15.0 Å². The van der Waals surface area contributed by atoms with E-state index in [0.717, 1.165) is 44.5 Å². The number of aromatic nitrogens is 3.